The van der Waals surface area contributed by atoms with E-state index in [4.69, 9.17) is 4.74 Å². The van der Waals surface area contributed by atoms with Gasteiger partial charge in [-0.15, -0.1) is 0 Å². The average Bonchev–Trinajstić information content (AvgIpc) is 3.23. The number of halogens is 1. The molecule has 2 aliphatic rings. The highest BCUT2D eigenvalue weighted by Gasteiger charge is 2.27. The van der Waals surface area contributed by atoms with Crippen molar-refractivity contribution in [2.24, 2.45) is 9.98 Å². The summed E-state index contributed by atoms with van der Waals surface area (Å²) >= 11 is 0. The van der Waals surface area contributed by atoms with E-state index in [1.165, 1.54) is 12.8 Å². The second kappa shape index (κ2) is 10.1. The first-order valence-electron chi connectivity index (χ1n) is 12.3. The molecule has 3 N–H and O–H groups in total. The number of aromatic amines is 2. The number of hydrogen-bond donors (Lipinski definition) is 3. The van der Waals surface area contributed by atoms with E-state index in [9.17, 15) is 4.39 Å². The first-order chi connectivity index (χ1) is 17.4. The minimum absolute atomic E-state index is 0.0283. The number of likely N-dealkylation sites (N-methyl/N-ethyl adjacent to an activating group) is 1. The normalized spacial score (nSPS) is 18.9. The molecule has 1 aliphatic carbocycles. The molecule has 9 nitrogen and oxygen atoms in total. The molecule has 1 aliphatic heterocycles. The Bertz CT molecular complexity index is 1300. The van der Waals surface area contributed by atoms with E-state index in [-0.39, 0.29) is 12.5 Å². The number of likely N-dealkylation sites (tertiary alicyclic amines) is 1. The minimum atomic E-state index is -0.391. The van der Waals surface area contributed by atoms with E-state index in [0.29, 0.717) is 34.8 Å². The SMILES string of the molecule is C=N/C(=C\C(=N/COc1ccc2[nH]c(C)cc2c1F)N1CCC(N(C)C)C1)Nc1cc(C2CC2)[nH]n1. The Kier molecular flexibility index (Phi) is 6.77. The summed E-state index contributed by atoms with van der Waals surface area (Å²) in [4.78, 5) is 16.4. The van der Waals surface area contributed by atoms with Gasteiger partial charge in [0.15, 0.2) is 24.1 Å². The van der Waals surface area contributed by atoms with Gasteiger partial charge < -0.3 is 24.8 Å². The highest BCUT2D eigenvalue weighted by atomic mass is 19.1. The van der Waals surface area contributed by atoms with Gasteiger partial charge in [-0.2, -0.15) is 5.10 Å². The number of nitrogens with one attached hydrogen (secondary N) is 3. The molecule has 190 valence electrons. The molecule has 0 radical (unpaired) electrons. The van der Waals surface area contributed by atoms with E-state index >= 15 is 0 Å². The van der Waals surface area contributed by atoms with E-state index in [1.54, 1.807) is 12.1 Å². The van der Waals surface area contributed by atoms with Crippen LogP contribution in [0.4, 0.5) is 10.2 Å². The third-order valence-corrected chi connectivity index (χ3v) is 6.81. The maximum atomic E-state index is 15.0. The van der Waals surface area contributed by atoms with Crippen LogP contribution >= 0.6 is 0 Å². The molecule has 1 saturated heterocycles. The summed E-state index contributed by atoms with van der Waals surface area (Å²) in [5, 5.41) is 11.2. The van der Waals surface area contributed by atoms with Gasteiger partial charge in [-0.3, -0.25) is 5.10 Å². The second-order valence-corrected chi connectivity index (χ2v) is 9.73. The third-order valence-electron chi connectivity index (χ3n) is 6.81. The zero-order chi connectivity index (χ0) is 25.2. The smallest absolute Gasteiger partial charge is 0.181 e. The largest absolute Gasteiger partial charge is 0.468 e. The van der Waals surface area contributed by atoms with Crippen molar-refractivity contribution in [2.45, 2.75) is 38.1 Å². The van der Waals surface area contributed by atoms with Crippen molar-refractivity contribution in [2.75, 3.05) is 39.2 Å². The Hall–Kier alpha value is -3.66. The number of ether oxygens (including phenoxy) is 1. The van der Waals surface area contributed by atoms with E-state index in [0.717, 1.165) is 36.4 Å². The summed E-state index contributed by atoms with van der Waals surface area (Å²) in [5.41, 5.74) is 2.77. The summed E-state index contributed by atoms with van der Waals surface area (Å²) in [5.74, 6) is 2.28. The number of anilines is 1. The molecule has 3 heterocycles. The molecule has 0 bridgehead atoms. The van der Waals surface area contributed by atoms with E-state index < -0.39 is 5.82 Å². The summed E-state index contributed by atoms with van der Waals surface area (Å²) in [6, 6.07) is 7.65. The molecule has 1 saturated carbocycles. The van der Waals surface area contributed by atoms with Crippen molar-refractivity contribution < 1.29 is 9.13 Å². The fraction of sp³-hybridized carbons (Fsp3) is 0.423. The molecule has 2 aromatic heterocycles. The van der Waals surface area contributed by atoms with Crippen LogP contribution in [0.1, 0.15) is 36.6 Å². The molecule has 1 atom stereocenters. The highest BCUT2D eigenvalue weighted by molar-refractivity contribution is 5.94. The number of aliphatic imine (C=N–C) groups is 2. The fourth-order valence-electron chi connectivity index (χ4n) is 4.55. The predicted molar refractivity (Wildman–Crippen MR) is 141 cm³/mol. The lowest BCUT2D eigenvalue weighted by atomic mass is 10.2. The van der Waals surface area contributed by atoms with Crippen LogP contribution in [0.25, 0.3) is 10.9 Å². The zero-order valence-corrected chi connectivity index (χ0v) is 21.0. The lowest BCUT2D eigenvalue weighted by Gasteiger charge is -2.22. The maximum Gasteiger partial charge on any atom is 0.181 e. The molecule has 2 fully saturated rings. The number of benzene rings is 1. The van der Waals surface area contributed by atoms with Crippen molar-refractivity contribution in [1.82, 2.24) is 25.0 Å². The third kappa shape index (κ3) is 5.28. The summed E-state index contributed by atoms with van der Waals surface area (Å²) in [6.07, 6.45) is 5.25. The molecule has 0 amide bonds. The first-order valence-corrected chi connectivity index (χ1v) is 12.3. The topological polar surface area (TPSA) is 96.9 Å². The van der Waals surface area contributed by atoms with Crippen LogP contribution in [-0.4, -0.2) is 77.5 Å². The van der Waals surface area contributed by atoms with Crippen LogP contribution in [0.15, 0.2) is 46.1 Å². The van der Waals surface area contributed by atoms with Gasteiger partial charge in [0.25, 0.3) is 0 Å². The molecule has 36 heavy (non-hydrogen) atoms. The molecular formula is C26H33FN8O. The molecule has 3 aromatic rings. The van der Waals surface area contributed by atoms with Crippen LogP contribution in [-0.2, 0) is 0 Å². The predicted octanol–water partition coefficient (Wildman–Crippen LogP) is 4.24. The van der Waals surface area contributed by atoms with Crippen molar-refractivity contribution in [3.63, 3.8) is 0 Å². The Balaban J connectivity index is 1.35. The maximum absolute atomic E-state index is 15.0. The summed E-state index contributed by atoms with van der Waals surface area (Å²) in [6.45, 7) is 7.26. The van der Waals surface area contributed by atoms with E-state index in [1.807, 2.05) is 25.1 Å². The molecule has 1 aromatic carbocycles. The molecule has 1 unspecified atom stereocenters. The van der Waals surface area contributed by atoms with Crippen molar-refractivity contribution >= 4 is 29.3 Å². The van der Waals surface area contributed by atoms with Gasteiger partial charge in [-0.1, -0.05) is 0 Å². The van der Waals surface area contributed by atoms with Gasteiger partial charge in [0.05, 0.1) is 0 Å². The lowest BCUT2D eigenvalue weighted by Crippen LogP contribution is -2.34. The number of H-pyrrole nitrogens is 2. The number of nitrogens with zero attached hydrogens (tertiary/aromatic N) is 5. The summed E-state index contributed by atoms with van der Waals surface area (Å²) < 4.78 is 20.7. The number of amidine groups is 1. The molecular weight excluding hydrogens is 459 g/mol. The Morgan fingerprint density at radius 3 is 2.89 bits per heavy atom. The highest BCUT2D eigenvalue weighted by Crippen LogP contribution is 2.39. The Morgan fingerprint density at radius 2 is 2.17 bits per heavy atom. The fourth-order valence-corrected chi connectivity index (χ4v) is 4.55. The van der Waals surface area contributed by atoms with E-state index in [2.05, 4.69) is 61.1 Å². The Morgan fingerprint density at radius 1 is 1.33 bits per heavy atom. The first kappa shape index (κ1) is 24.1. The van der Waals surface area contributed by atoms with Crippen molar-refractivity contribution in [3.05, 3.63) is 53.4 Å². The minimum Gasteiger partial charge on any atom is -0.468 e. The second-order valence-electron chi connectivity index (χ2n) is 9.73. The lowest BCUT2D eigenvalue weighted by molar-refractivity contribution is 0.298. The quantitative estimate of drug-likeness (QED) is 0.307. The monoisotopic (exact) mass is 492 g/mol. The number of rotatable bonds is 9. The van der Waals surface area contributed by atoms with Gasteiger partial charge in [0.2, 0.25) is 0 Å². The average molecular weight is 493 g/mol. The van der Waals surface area contributed by atoms with Crippen molar-refractivity contribution in [3.8, 4) is 5.75 Å². The molecule has 5 rings (SSSR count). The number of fused-ring (bicyclic) bond motifs is 1. The van der Waals surface area contributed by atoms with Crippen LogP contribution < -0.4 is 10.1 Å². The molecule has 10 heteroatoms. The van der Waals surface area contributed by atoms with Crippen LogP contribution in [0.2, 0.25) is 0 Å². The van der Waals surface area contributed by atoms with Crippen LogP contribution in [0.5, 0.6) is 5.75 Å². The zero-order valence-electron chi connectivity index (χ0n) is 21.0. The van der Waals surface area contributed by atoms with Gasteiger partial charge >= 0.3 is 0 Å². The summed E-state index contributed by atoms with van der Waals surface area (Å²) in [7, 11) is 4.16. The Labute approximate surface area is 210 Å². The van der Waals surface area contributed by atoms with Gasteiger partial charge in [-0.25, -0.2) is 14.4 Å². The number of aryl methyl sites for hydroxylation is 1. The number of aromatic nitrogens is 3. The van der Waals surface area contributed by atoms with Gasteiger partial charge in [0.1, 0.15) is 11.7 Å². The van der Waals surface area contributed by atoms with Crippen LogP contribution in [0, 0.1) is 12.7 Å². The number of hydrogen-bond acceptors (Lipinski definition) is 6. The molecule has 0 spiro atoms. The van der Waals surface area contributed by atoms with Crippen molar-refractivity contribution in [1.29, 1.82) is 0 Å². The van der Waals surface area contributed by atoms with Crippen LogP contribution in [0.3, 0.4) is 0 Å². The van der Waals surface area contributed by atoms with Gasteiger partial charge in [-0.05, 0) is 65.2 Å². The van der Waals surface area contributed by atoms with Gasteiger partial charge in [0, 0.05) is 59.5 Å². The standard InChI is InChI=1S/C26H33FN8O/c1-16-11-19-20(30-16)7-8-22(26(19)27)36-15-29-25(35-10-9-18(14-35)34(3)4)13-23(28-2)31-24-12-21(32-33-24)17-5-6-17/h7-8,11-13,17-18,30H,2,5-6,9-10,14-15H2,1,3-4H3,(H2,31,32,33)/b23-13+,29-25+.